The molecule has 0 radical (unpaired) electrons. The first-order chi connectivity index (χ1) is 15.0. The predicted molar refractivity (Wildman–Crippen MR) is 107 cm³/mol. The summed E-state index contributed by atoms with van der Waals surface area (Å²) in [4.78, 5) is 26.7. The molecule has 1 fully saturated rings. The summed E-state index contributed by atoms with van der Waals surface area (Å²) in [5, 5.41) is 16.0. The molecule has 2 aliphatic rings. The molecule has 1 unspecified atom stereocenters. The maximum Gasteiger partial charge on any atom is 0.270 e. The van der Waals surface area contributed by atoms with Crippen molar-refractivity contribution in [2.75, 3.05) is 19.8 Å². The largest absolute Gasteiger partial charge is 0.394 e. The average Bonchev–Trinajstić information content (AvgIpc) is 3.28. The van der Waals surface area contributed by atoms with Gasteiger partial charge in [0, 0.05) is 13.0 Å². The number of carbonyl (C=O) groups excluding carboxylic acids is 1. The number of oxime groups is 1. The number of carbonyl (C=O) groups is 1. The third kappa shape index (κ3) is 5.22. The van der Waals surface area contributed by atoms with Gasteiger partial charge in [-0.3, -0.25) is 4.79 Å². The van der Waals surface area contributed by atoms with Crippen LogP contribution in [0.15, 0.2) is 35.5 Å². The van der Waals surface area contributed by atoms with Crippen molar-refractivity contribution in [3.8, 4) is 0 Å². The highest BCUT2D eigenvalue weighted by Crippen LogP contribution is 2.23. The van der Waals surface area contributed by atoms with Gasteiger partial charge in [-0.15, -0.1) is 0 Å². The average molecular weight is 430 g/mol. The van der Waals surface area contributed by atoms with Crippen LogP contribution in [0.4, 0.5) is 4.39 Å². The number of aliphatic hydroxyl groups excluding tert-OH is 1. The van der Waals surface area contributed by atoms with E-state index in [0.717, 1.165) is 5.56 Å². The number of rotatable bonds is 6. The van der Waals surface area contributed by atoms with Crippen LogP contribution in [0.1, 0.15) is 34.0 Å². The zero-order valence-corrected chi connectivity index (χ0v) is 17.0. The Morgan fingerprint density at radius 3 is 2.71 bits per heavy atom. The fraction of sp³-hybridized carbons (Fsp3) is 0.429. The molecule has 1 saturated heterocycles. The van der Waals surface area contributed by atoms with Gasteiger partial charge in [0.25, 0.3) is 5.91 Å². The van der Waals surface area contributed by atoms with E-state index in [-0.39, 0.29) is 48.9 Å². The molecule has 2 aliphatic heterocycles. The van der Waals surface area contributed by atoms with E-state index in [9.17, 15) is 9.18 Å². The van der Waals surface area contributed by atoms with Crippen LogP contribution >= 0.6 is 0 Å². The SMILES string of the molecule is Cc1nc(C(=O)NCc2ccc(F)cc2)cc(C2=NOC([C@H]3CO[C@H](CO)CO3)C2)n1. The van der Waals surface area contributed by atoms with Gasteiger partial charge >= 0.3 is 0 Å². The molecule has 0 spiro atoms. The number of ether oxygens (including phenoxy) is 2. The van der Waals surface area contributed by atoms with Gasteiger partial charge < -0.3 is 24.7 Å². The summed E-state index contributed by atoms with van der Waals surface area (Å²) in [7, 11) is 0. The molecule has 1 aromatic heterocycles. The van der Waals surface area contributed by atoms with Gasteiger partial charge in [-0.05, 0) is 30.7 Å². The monoisotopic (exact) mass is 430 g/mol. The van der Waals surface area contributed by atoms with E-state index in [1.165, 1.54) is 12.1 Å². The normalized spacial score (nSPS) is 23.2. The van der Waals surface area contributed by atoms with Crippen LogP contribution in [0.25, 0.3) is 0 Å². The van der Waals surface area contributed by atoms with Crippen LogP contribution in [0.3, 0.4) is 0 Å². The maximum atomic E-state index is 13.0. The van der Waals surface area contributed by atoms with Crippen LogP contribution in [0.2, 0.25) is 0 Å². The fourth-order valence-corrected chi connectivity index (χ4v) is 3.33. The molecule has 3 heterocycles. The minimum atomic E-state index is -0.369. The molecule has 1 amide bonds. The summed E-state index contributed by atoms with van der Waals surface area (Å²) in [6, 6.07) is 7.47. The summed E-state index contributed by atoms with van der Waals surface area (Å²) in [5.41, 5.74) is 2.08. The second kappa shape index (κ2) is 9.46. The maximum absolute atomic E-state index is 13.0. The molecule has 10 heteroatoms. The zero-order valence-electron chi connectivity index (χ0n) is 17.0. The van der Waals surface area contributed by atoms with Gasteiger partial charge in [-0.2, -0.15) is 0 Å². The van der Waals surface area contributed by atoms with Crippen molar-refractivity contribution in [3.05, 3.63) is 58.9 Å². The van der Waals surface area contributed by atoms with E-state index < -0.39 is 0 Å². The van der Waals surface area contributed by atoms with Gasteiger partial charge in [0.05, 0.1) is 25.5 Å². The lowest BCUT2D eigenvalue weighted by atomic mass is 10.0. The summed E-state index contributed by atoms with van der Waals surface area (Å²) in [6.07, 6.45) is -0.505. The van der Waals surface area contributed by atoms with E-state index in [1.54, 1.807) is 25.1 Å². The van der Waals surface area contributed by atoms with Crippen molar-refractivity contribution in [1.82, 2.24) is 15.3 Å². The Balaban J connectivity index is 1.38. The number of hydrogen-bond acceptors (Lipinski definition) is 8. The third-order valence-electron chi connectivity index (χ3n) is 5.04. The highest BCUT2D eigenvalue weighted by Gasteiger charge is 2.35. The van der Waals surface area contributed by atoms with Crippen molar-refractivity contribution in [3.63, 3.8) is 0 Å². The molecule has 0 bridgehead atoms. The van der Waals surface area contributed by atoms with Crippen molar-refractivity contribution in [1.29, 1.82) is 0 Å². The molecule has 9 nitrogen and oxygen atoms in total. The summed E-state index contributed by atoms with van der Waals surface area (Å²) in [6.45, 7) is 2.45. The fourth-order valence-electron chi connectivity index (χ4n) is 3.33. The summed E-state index contributed by atoms with van der Waals surface area (Å²) in [5.74, 6) is -0.271. The topological polar surface area (TPSA) is 115 Å². The Labute approximate surface area is 178 Å². The Hall–Kier alpha value is -2.95. The lowest BCUT2D eigenvalue weighted by Crippen LogP contribution is -2.43. The number of halogens is 1. The van der Waals surface area contributed by atoms with E-state index in [0.29, 0.717) is 36.9 Å². The molecule has 164 valence electrons. The predicted octanol–water partition coefficient (Wildman–Crippen LogP) is 1.12. The van der Waals surface area contributed by atoms with Gasteiger partial charge in [-0.25, -0.2) is 14.4 Å². The van der Waals surface area contributed by atoms with Gasteiger partial charge in [0.1, 0.15) is 35.3 Å². The number of aliphatic hydroxyl groups is 1. The lowest BCUT2D eigenvalue weighted by molar-refractivity contribution is -0.178. The van der Waals surface area contributed by atoms with Crippen LogP contribution < -0.4 is 5.32 Å². The molecule has 31 heavy (non-hydrogen) atoms. The van der Waals surface area contributed by atoms with E-state index in [2.05, 4.69) is 20.4 Å². The minimum Gasteiger partial charge on any atom is -0.394 e. The highest BCUT2D eigenvalue weighted by molar-refractivity contribution is 6.02. The third-order valence-corrected chi connectivity index (χ3v) is 5.04. The Morgan fingerprint density at radius 2 is 2.00 bits per heavy atom. The Bertz CT molecular complexity index is 961. The van der Waals surface area contributed by atoms with Crippen LogP contribution in [0.5, 0.6) is 0 Å². The Morgan fingerprint density at radius 1 is 1.19 bits per heavy atom. The molecule has 1 aromatic carbocycles. The quantitative estimate of drug-likeness (QED) is 0.706. The number of amides is 1. The highest BCUT2D eigenvalue weighted by atomic mass is 19.1. The molecule has 2 aromatic rings. The second-order valence-electron chi connectivity index (χ2n) is 7.39. The minimum absolute atomic E-state index is 0.0911. The first-order valence-electron chi connectivity index (χ1n) is 9.97. The zero-order chi connectivity index (χ0) is 21.8. The van der Waals surface area contributed by atoms with E-state index in [1.807, 2.05) is 0 Å². The molecule has 0 saturated carbocycles. The number of aryl methyl sites for hydroxylation is 1. The second-order valence-corrected chi connectivity index (χ2v) is 7.39. The number of aromatic nitrogens is 2. The van der Waals surface area contributed by atoms with Crippen LogP contribution in [-0.4, -0.2) is 64.8 Å². The van der Waals surface area contributed by atoms with Gasteiger partial charge in [-0.1, -0.05) is 17.3 Å². The molecule has 4 rings (SSSR count). The first kappa shape index (κ1) is 21.3. The molecular weight excluding hydrogens is 407 g/mol. The lowest BCUT2D eigenvalue weighted by Gasteiger charge is -2.30. The van der Waals surface area contributed by atoms with Crippen molar-refractivity contribution in [2.24, 2.45) is 5.16 Å². The number of nitrogens with one attached hydrogen (secondary N) is 1. The van der Waals surface area contributed by atoms with Gasteiger partial charge in [0.2, 0.25) is 0 Å². The summed E-state index contributed by atoms with van der Waals surface area (Å²) >= 11 is 0. The number of nitrogens with zero attached hydrogens (tertiary/aromatic N) is 3. The molecule has 0 aliphatic carbocycles. The van der Waals surface area contributed by atoms with Crippen molar-refractivity contribution < 1.29 is 28.6 Å². The van der Waals surface area contributed by atoms with Gasteiger partial charge in [0.15, 0.2) is 6.10 Å². The molecule has 2 N–H and O–H groups in total. The van der Waals surface area contributed by atoms with Crippen molar-refractivity contribution in [2.45, 2.75) is 38.2 Å². The van der Waals surface area contributed by atoms with Crippen LogP contribution in [0, 0.1) is 12.7 Å². The van der Waals surface area contributed by atoms with Crippen LogP contribution in [-0.2, 0) is 20.9 Å². The number of hydrogen-bond donors (Lipinski definition) is 2. The Kier molecular flexibility index (Phi) is 6.50. The standard InChI is InChI=1S/C21H23FN4O5/c1-12-24-16(17-7-19(31-26-17)20-11-29-15(9-27)10-30-20)6-18(25-12)21(28)23-8-13-2-4-14(22)5-3-13/h2-6,15,19-20,27H,7-11H2,1H3,(H,23,28)/t15-,19?,20-/m1/s1. The van der Waals surface area contributed by atoms with Crippen molar-refractivity contribution >= 4 is 11.6 Å². The van der Waals surface area contributed by atoms with E-state index in [4.69, 9.17) is 19.4 Å². The number of benzene rings is 1. The molecule has 3 atom stereocenters. The summed E-state index contributed by atoms with van der Waals surface area (Å²) < 4.78 is 24.3. The van der Waals surface area contributed by atoms with E-state index >= 15 is 0 Å². The molecular formula is C21H23FN4O5. The first-order valence-corrected chi connectivity index (χ1v) is 9.97. The smallest absolute Gasteiger partial charge is 0.270 e.